The minimum absolute atomic E-state index is 0.0256. The highest BCUT2D eigenvalue weighted by Gasteiger charge is 2.37. The lowest BCUT2D eigenvalue weighted by molar-refractivity contribution is -0.383. The lowest BCUT2D eigenvalue weighted by atomic mass is 10.2. The second-order valence-electron chi connectivity index (χ2n) is 4.12. The van der Waals surface area contributed by atoms with Gasteiger partial charge in [-0.05, 0) is 0 Å². The van der Waals surface area contributed by atoms with E-state index in [0.717, 1.165) is 11.2 Å². The Kier molecular flexibility index (Phi) is 3.46. The maximum absolute atomic E-state index is 11.8. The van der Waals surface area contributed by atoms with Gasteiger partial charge in [-0.1, -0.05) is 0 Å². The number of carbonyl (C=O) groups is 2. The van der Waals surface area contributed by atoms with Gasteiger partial charge in [0.15, 0.2) is 0 Å². The number of rotatable bonds is 4. The Balaban J connectivity index is 2.33. The van der Waals surface area contributed by atoms with Crippen LogP contribution in [0.4, 0.5) is 17.3 Å². The second-order valence-corrected chi connectivity index (χ2v) is 4.12. The number of carbonyl (C=O) groups excluding carboxylic acids is 2. The highest BCUT2D eigenvalue weighted by atomic mass is 16.6. The molecule has 2 N–H and O–H groups in total. The molecule has 106 valence electrons. The number of likely N-dealkylation sites (tertiary alicyclic amines) is 1. The molecule has 0 saturated carbocycles. The smallest absolute Gasteiger partial charge is 0.353 e. The molecule has 0 bridgehead atoms. The first-order valence-corrected chi connectivity index (χ1v) is 5.69. The van der Waals surface area contributed by atoms with Crippen molar-refractivity contribution in [2.24, 2.45) is 0 Å². The molecular weight excluding hydrogens is 268 g/mol. The fourth-order valence-electron chi connectivity index (χ4n) is 1.87. The van der Waals surface area contributed by atoms with Crippen molar-refractivity contribution in [3.05, 3.63) is 16.4 Å². The lowest BCUT2D eigenvalue weighted by Crippen LogP contribution is -2.32. The van der Waals surface area contributed by atoms with E-state index in [-0.39, 0.29) is 29.7 Å². The van der Waals surface area contributed by atoms with Crippen LogP contribution in [0.1, 0.15) is 6.42 Å². The number of anilines is 2. The van der Waals surface area contributed by atoms with E-state index >= 15 is 0 Å². The number of likely N-dealkylation sites (N-methyl/N-ethyl adjacent to an activating group) is 1. The van der Waals surface area contributed by atoms with Crippen LogP contribution in [0.15, 0.2) is 6.33 Å². The highest BCUT2D eigenvalue weighted by molar-refractivity contribution is 6.06. The summed E-state index contributed by atoms with van der Waals surface area (Å²) in [6.07, 6.45) is 1.07. The minimum Gasteiger partial charge on any atom is -0.367 e. The van der Waals surface area contributed by atoms with Gasteiger partial charge in [-0.3, -0.25) is 24.6 Å². The van der Waals surface area contributed by atoms with Crippen molar-refractivity contribution >= 4 is 29.1 Å². The van der Waals surface area contributed by atoms with Gasteiger partial charge < -0.3 is 10.6 Å². The average Bonchev–Trinajstić information content (AvgIpc) is 2.65. The second kappa shape index (κ2) is 5.07. The number of aromatic nitrogens is 2. The molecule has 2 rings (SSSR count). The van der Waals surface area contributed by atoms with Gasteiger partial charge in [0.2, 0.25) is 17.5 Å². The summed E-state index contributed by atoms with van der Waals surface area (Å²) in [7, 11) is 2.84. The van der Waals surface area contributed by atoms with Crippen molar-refractivity contribution < 1.29 is 14.5 Å². The first-order valence-electron chi connectivity index (χ1n) is 5.69. The van der Waals surface area contributed by atoms with Crippen LogP contribution in [0.3, 0.4) is 0 Å². The Morgan fingerprint density at radius 2 is 2.05 bits per heavy atom. The van der Waals surface area contributed by atoms with Crippen LogP contribution in [0.25, 0.3) is 0 Å². The summed E-state index contributed by atoms with van der Waals surface area (Å²) < 4.78 is 0. The molecule has 1 aromatic rings. The quantitative estimate of drug-likeness (QED) is 0.432. The summed E-state index contributed by atoms with van der Waals surface area (Å²) in [5.74, 6) is -0.875. The topological polar surface area (TPSA) is 130 Å². The van der Waals surface area contributed by atoms with Crippen molar-refractivity contribution in [3.8, 4) is 0 Å². The normalized spacial score (nSPS) is 18.3. The van der Waals surface area contributed by atoms with Gasteiger partial charge in [-0.15, -0.1) is 0 Å². The van der Waals surface area contributed by atoms with Crippen LogP contribution in [-0.2, 0) is 9.59 Å². The summed E-state index contributed by atoms with van der Waals surface area (Å²) in [6, 6.07) is -0.856. The van der Waals surface area contributed by atoms with Crippen LogP contribution in [0.2, 0.25) is 0 Å². The van der Waals surface area contributed by atoms with E-state index in [1.54, 1.807) is 0 Å². The zero-order chi connectivity index (χ0) is 14.9. The van der Waals surface area contributed by atoms with E-state index in [1.165, 1.54) is 14.1 Å². The van der Waals surface area contributed by atoms with E-state index < -0.39 is 16.9 Å². The first kappa shape index (κ1) is 13.6. The number of hydrogen-bond donors (Lipinski definition) is 2. The van der Waals surface area contributed by atoms with Crippen LogP contribution in [0, 0.1) is 10.1 Å². The number of hydrogen-bond acceptors (Lipinski definition) is 8. The zero-order valence-corrected chi connectivity index (χ0v) is 10.8. The molecule has 0 radical (unpaired) electrons. The molecule has 20 heavy (non-hydrogen) atoms. The first-order chi connectivity index (χ1) is 9.45. The number of imide groups is 1. The van der Waals surface area contributed by atoms with Gasteiger partial charge in [0.05, 0.1) is 11.3 Å². The molecule has 0 aromatic carbocycles. The van der Waals surface area contributed by atoms with Crippen LogP contribution < -0.4 is 10.6 Å². The monoisotopic (exact) mass is 280 g/mol. The van der Waals surface area contributed by atoms with Crippen molar-refractivity contribution in [1.82, 2.24) is 14.9 Å². The van der Waals surface area contributed by atoms with Gasteiger partial charge in [-0.2, -0.15) is 0 Å². The lowest BCUT2D eigenvalue weighted by Gasteiger charge is -2.12. The van der Waals surface area contributed by atoms with E-state index in [2.05, 4.69) is 20.6 Å². The number of amides is 2. The summed E-state index contributed by atoms with van der Waals surface area (Å²) in [4.78, 5) is 42.1. The molecule has 2 heterocycles. The Bertz CT molecular complexity index is 589. The average molecular weight is 280 g/mol. The minimum atomic E-state index is -0.856. The SMILES string of the molecule is CNc1ncnc(NC2CC(=O)N(C)C2=O)c1[N+](=O)[O-]. The Morgan fingerprint density at radius 3 is 2.55 bits per heavy atom. The molecule has 1 saturated heterocycles. The maximum atomic E-state index is 11.8. The number of nitro groups is 1. The Labute approximate surface area is 113 Å². The molecule has 1 fully saturated rings. The number of nitrogens with one attached hydrogen (secondary N) is 2. The van der Waals surface area contributed by atoms with E-state index in [1.807, 2.05) is 0 Å². The zero-order valence-electron chi connectivity index (χ0n) is 10.8. The molecule has 10 heteroatoms. The molecule has 1 aliphatic heterocycles. The highest BCUT2D eigenvalue weighted by Crippen LogP contribution is 2.30. The molecular formula is C10H12N6O4. The van der Waals surface area contributed by atoms with E-state index in [9.17, 15) is 19.7 Å². The molecule has 0 aliphatic carbocycles. The molecule has 10 nitrogen and oxygen atoms in total. The summed E-state index contributed by atoms with van der Waals surface area (Å²) >= 11 is 0. The third kappa shape index (κ3) is 2.22. The molecule has 0 spiro atoms. The van der Waals surface area contributed by atoms with Gasteiger partial charge in [-0.25, -0.2) is 9.97 Å². The molecule has 1 aromatic heterocycles. The summed E-state index contributed by atoms with van der Waals surface area (Å²) in [6.45, 7) is 0. The van der Waals surface area contributed by atoms with Gasteiger partial charge in [0.1, 0.15) is 12.4 Å². The van der Waals surface area contributed by atoms with Gasteiger partial charge in [0, 0.05) is 14.1 Å². The van der Waals surface area contributed by atoms with Gasteiger partial charge in [0.25, 0.3) is 5.91 Å². The summed E-state index contributed by atoms with van der Waals surface area (Å²) in [5, 5.41) is 16.3. The third-order valence-electron chi connectivity index (χ3n) is 2.93. The van der Waals surface area contributed by atoms with Crippen LogP contribution in [0.5, 0.6) is 0 Å². The maximum Gasteiger partial charge on any atom is 0.353 e. The van der Waals surface area contributed by atoms with Crippen molar-refractivity contribution in [2.45, 2.75) is 12.5 Å². The van der Waals surface area contributed by atoms with Crippen molar-refractivity contribution in [2.75, 3.05) is 24.7 Å². The molecule has 1 unspecified atom stereocenters. The van der Waals surface area contributed by atoms with E-state index in [0.29, 0.717) is 0 Å². The molecule has 1 aliphatic rings. The molecule has 1 atom stereocenters. The fourth-order valence-corrected chi connectivity index (χ4v) is 1.87. The van der Waals surface area contributed by atoms with Crippen LogP contribution >= 0.6 is 0 Å². The third-order valence-corrected chi connectivity index (χ3v) is 2.93. The predicted molar refractivity (Wildman–Crippen MR) is 68.0 cm³/mol. The van der Waals surface area contributed by atoms with Gasteiger partial charge >= 0.3 is 5.69 Å². The summed E-state index contributed by atoms with van der Waals surface area (Å²) in [5.41, 5.74) is -0.371. The standard InChI is InChI=1S/C10H12N6O4/c1-11-8-7(16(19)20)9(13-4-12-8)14-5-3-6(17)15(2)10(5)18/h4-5H,3H2,1-2H3,(H2,11,12,13,14). The Morgan fingerprint density at radius 1 is 1.40 bits per heavy atom. The van der Waals surface area contributed by atoms with Crippen LogP contribution in [-0.4, -0.2) is 51.7 Å². The van der Waals surface area contributed by atoms with Crippen molar-refractivity contribution in [1.29, 1.82) is 0 Å². The fraction of sp³-hybridized carbons (Fsp3) is 0.400. The number of nitrogens with zero attached hydrogens (tertiary/aromatic N) is 4. The predicted octanol–water partition coefficient (Wildman–Crippen LogP) is -0.404. The van der Waals surface area contributed by atoms with Crippen molar-refractivity contribution in [3.63, 3.8) is 0 Å². The molecule has 2 amide bonds. The van der Waals surface area contributed by atoms with E-state index in [4.69, 9.17) is 0 Å². The largest absolute Gasteiger partial charge is 0.367 e. The Hall–Kier alpha value is -2.78.